The van der Waals surface area contributed by atoms with Crippen molar-refractivity contribution in [2.24, 2.45) is 0 Å². The minimum absolute atomic E-state index is 0.105. The largest absolute Gasteiger partial charge is 0.370 e. The molecule has 1 N–H and O–H groups in total. The van der Waals surface area contributed by atoms with Crippen LogP contribution in [0.3, 0.4) is 0 Å². The fourth-order valence-corrected chi connectivity index (χ4v) is 2.56. The third-order valence-electron chi connectivity index (χ3n) is 3.65. The highest BCUT2D eigenvalue weighted by atomic mass is 16.6. The Morgan fingerprint density at radius 1 is 1.60 bits per heavy atom. The standard InChI is InChI=1S/C14H18N4O2/c1-2-17(10-12-4-3-7-16-12)13-6-5-11(9-15)14(8-13)18(19)20/h5-6,8,12,16H,2-4,7,10H2,1H3. The van der Waals surface area contributed by atoms with Gasteiger partial charge in [-0.15, -0.1) is 0 Å². The van der Waals surface area contributed by atoms with Crippen LogP contribution in [-0.4, -0.2) is 30.6 Å². The summed E-state index contributed by atoms with van der Waals surface area (Å²) in [6, 6.07) is 7.10. The van der Waals surface area contributed by atoms with Gasteiger partial charge in [-0.05, 0) is 38.4 Å². The lowest BCUT2D eigenvalue weighted by molar-refractivity contribution is -0.385. The normalized spacial score (nSPS) is 17.7. The summed E-state index contributed by atoms with van der Waals surface area (Å²) in [4.78, 5) is 12.6. The van der Waals surface area contributed by atoms with E-state index >= 15 is 0 Å². The number of nitrogens with zero attached hydrogens (tertiary/aromatic N) is 3. The Hall–Kier alpha value is -2.13. The van der Waals surface area contributed by atoms with E-state index in [1.54, 1.807) is 6.07 Å². The zero-order valence-corrected chi connectivity index (χ0v) is 11.5. The predicted octanol–water partition coefficient (Wildman–Crippen LogP) is 2.04. The van der Waals surface area contributed by atoms with Gasteiger partial charge in [0.2, 0.25) is 0 Å². The van der Waals surface area contributed by atoms with Crippen LogP contribution >= 0.6 is 0 Å². The van der Waals surface area contributed by atoms with Crippen LogP contribution < -0.4 is 10.2 Å². The minimum atomic E-state index is -0.496. The number of likely N-dealkylation sites (N-methyl/N-ethyl adjacent to an activating group) is 1. The Bertz CT molecular complexity index is 532. The molecule has 6 heteroatoms. The van der Waals surface area contributed by atoms with Crippen molar-refractivity contribution in [2.45, 2.75) is 25.8 Å². The van der Waals surface area contributed by atoms with Crippen molar-refractivity contribution in [3.63, 3.8) is 0 Å². The van der Waals surface area contributed by atoms with Crippen molar-refractivity contribution in [3.05, 3.63) is 33.9 Å². The second kappa shape index (κ2) is 6.35. The average molecular weight is 274 g/mol. The smallest absolute Gasteiger partial charge is 0.289 e. The van der Waals surface area contributed by atoms with E-state index in [1.165, 1.54) is 18.6 Å². The van der Waals surface area contributed by atoms with Gasteiger partial charge in [-0.3, -0.25) is 10.1 Å². The molecule has 1 heterocycles. The lowest BCUT2D eigenvalue weighted by Gasteiger charge is -2.26. The second-order valence-electron chi connectivity index (χ2n) is 4.90. The highest BCUT2D eigenvalue weighted by molar-refractivity contribution is 5.60. The Labute approximate surface area is 118 Å². The maximum Gasteiger partial charge on any atom is 0.289 e. The van der Waals surface area contributed by atoms with Gasteiger partial charge in [-0.25, -0.2) is 0 Å². The van der Waals surface area contributed by atoms with Gasteiger partial charge in [-0.2, -0.15) is 5.26 Å². The first-order chi connectivity index (χ1) is 9.65. The highest BCUT2D eigenvalue weighted by Crippen LogP contribution is 2.25. The highest BCUT2D eigenvalue weighted by Gasteiger charge is 2.20. The molecule has 0 aromatic heterocycles. The zero-order valence-electron chi connectivity index (χ0n) is 11.5. The van der Waals surface area contributed by atoms with Crippen molar-refractivity contribution >= 4 is 11.4 Å². The molecule has 0 aliphatic carbocycles. The molecule has 0 radical (unpaired) electrons. The fourth-order valence-electron chi connectivity index (χ4n) is 2.56. The van der Waals surface area contributed by atoms with Crippen molar-refractivity contribution in [3.8, 4) is 6.07 Å². The number of hydrogen-bond donors (Lipinski definition) is 1. The van der Waals surface area contributed by atoms with Gasteiger partial charge in [0.05, 0.1) is 4.92 Å². The van der Waals surface area contributed by atoms with Gasteiger partial charge < -0.3 is 10.2 Å². The van der Waals surface area contributed by atoms with Crippen molar-refractivity contribution in [2.75, 3.05) is 24.5 Å². The van der Waals surface area contributed by atoms with Crippen LogP contribution in [0.2, 0.25) is 0 Å². The van der Waals surface area contributed by atoms with E-state index in [9.17, 15) is 10.1 Å². The first-order valence-electron chi connectivity index (χ1n) is 6.82. The molecule has 1 aromatic rings. The quantitative estimate of drug-likeness (QED) is 0.656. The van der Waals surface area contributed by atoms with E-state index in [4.69, 9.17) is 5.26 Å². The number of nitro benzene ring substituents is 1. The van der Waals surface area contributed by atoms with Gasteiger partial charge in [0.15, 0.2) is 0 Å². The van der Waals surface area contributed by atoms with Crippen molar-refractivity contribution in [1.82, 2.24) is 5.32 Å². The molecule has 106 valence electrons. The number of nitriles is 1. The molecule has 20 heavy (non-hydrogen) atoms. The van der Waals surface area contributed by atoms with E-state index in [-0.39, 0.29) is 11.3 Å². The van der Waals surface area contributed by atoms with Crippen molar-refractivity contribution in [1.29, 1.82) is 5.26 Å². The van der Waals surface area contributed by atoms with E-state index in [1.807, 2.05) is 13.0 Å². The summed E-state index contributed by atoms with van der Waals surface area (Å²) in [6.07, 6.45) is 2.31. The van der Waals surface area contributed by atoms with Gasteiger partial charge in [-0.1, -0.05) is 0 Å². The Balaban J connectivity index is 2.23. The Morgan fingerprint density at radius 2 is 2.40 bits per heavy atom. The molecule has 0 amide bonds. The predicted molar refractivity (Wildman–Crippen MR) is 76.7 cm³/mol. The topological polar surface area (TPSA) is 82.2 Å². The lowest BCUT2D eigenvalue weighted by atomic mass is 10.1. The number of benzene rings is 1. The molecule has 0 saturated carbocycles. The third kappa shape index (κ3) is 3.06. The summed E-state index contributed by atoms with van der Waals surface area (Å²) in [5, 5.41) is 23.3. The van der Waals surface area contributed by atoms with Crippen LogP contribution in [0.25, 0.3) is 0 Å². The summed E-state index contributed by atoms with van der Waals surface area (Å²) >= 11 is 0. The number of hydrogen-bond acceptors (Lipinski definition) is 5. The van der Waals surface area contributed by atoms with E-state index in [0.717, 1.165) is 31.7 Å². The molecule has 1 saturated heterocycles. The molecule has 1 aliphatic heterocycles. The van der Waals surface area contributed by atoms with Crippen LogP contribution in [0.1, 0.15) is 25.3 Å². The van der Waals surface area contributed by atoms with Gasteiger partial charge >= 0.3 is 0 Å². The van der Waals surface area contributed by atoms with Gasteiger partial charge in [0.1, 0.15) is 11.6 Å². The molecular weight excluding hydrogens is 256 g/mol. The molecule has 2 rings (SSSR count). The van der Waals surface area contributed by atoms with Gasteiger partial charge in [0, 0.05) is 30.9 Å². The summed E-state index contributed by atoms with van der Waals surface area (Å²) in [5.74, 6) is 0. The SMILES string of the molecule is CCN(CC1CCCN1)c1ccc(C#N)c([N+](=O)[O-])c1. The average Bonchev–Trinajstić information content (AvgIpc) is 2.97. The molecule has 1 fully saturated rings. The number of nitro groups is 1. The van der Waals surface area contributed by atoms with Crippen LogP contribution in [-0.2, 0) is 0 Å². The summed E-state index contributed by atoms with van der Waals surface area (Å²) in [7, 11) is 0. The third-order valence-corrected chi connectivity index (χ3v) is 3.65. The number of nitrogens with one attached hydrogen (secondary N) is 1. The maximum atomic E-state index is 11.0. The van der Waals surface area contributed by atoms with Crippen LogP contribution in [0.5, 0.6) is 0 Å². The number of anilines is 1. The molecule has 0 spiro atoms. The molecule has 1 aliphatic rings. The van der Waals surface area contributed by atoms with Gasteiger partial charge in [0.25, 0.3) is 5.69 Å². The fraction of sp³-hybridized carbons (Fsp3) is 0.500. The molecule has 6 nitrogen and oxygen atoms in total. The zero-order chi connectivity index (χ0) is 14.5. The molecular formula is C14H18N4O2. The van der Waals surface area contributed by atoms with E-state index < -0.39 is 4.92 Å². The Morgan fingerprint density at radius 3 is 2.95 bits per heavy atom. The summed E-state index contributed by atoms with van der Waals surface area (Å²) in [5.41, 5.74) is 0.781. The molecule has 0 bridgehead atoms. The minimum Gasteiger partial charge on any atom is -0.370 e. The first kappa shape index (κ1) is 14.3. The monoisotopic (exact) mass is 274 g/mol. The van der Waals surface area contributed by atoms with Crippen molar-refractivity contribution < 1.29 is 4.92 Å². The van der Waals surface area contributed by atoms with E-state index in [2.05, 4.69) is 10.2 Å². The maximum absolute atomic E-state index is 11.0. The van der Waals surface area contributed by atoms with Crippen LogP contribution in [0, 0.1) is 21.4 Å². The summed E-state index contributed by atoms with van der Waals surface area (Å²) < 4.78 is 0. The Kier molecular flexibility index (Phi) is 4.53. The summed E-state index contributed by atoms with van der Waals surface area (Å²) in [6.45, 7) is 4.68. The van der Waals surface area contributed by atoms with Crippen LogP contribution in [0.15, 0.2) is 18.2 Å². The first-order valence-corrected chi connectivity index (χ1v) is 6.82. The number of rotatable bonds is 5. The van der Waals surface area contributed by atoms with E-state index in [0.29, 0.717) is 6.04 Å². The molecule has 1 unspecified atom stereocenters. The second-order valence-corrected chi connectivity index (χ2v) is 4.90. The molecule has 1 aromatic carbocycles. The lowest BCUT2D eigenvalue weighted by Crippen LogP contribution is -2.37. The molecule has 1 atom stereocenters. The van der Waals surface area contributed by atoms with Crippen LogP contribution in [0.4, 0.5) is 11.4 Å².